The molecule has 128 valence electrons. The van der Waals surface area contributed by atoms with Crippen LogP contribution in [0.5, 0.6) is 0 Å². The van der Waals surface area contributed by atoms with E-state index in [1.54, 1.807) is 0 Å². The zero-order valence-corrected chi connectivity index (χ0v) is 15.9. The van der Waals surface area contributed by atoms with Crippen molar-refractivity contribution >= 4 is 43.1 Å². The van der Waals surface area contributed by atoms with Crippen molar-refractivity contribution in [2.75, 3.05) is 0 Å². The highest BCUT2D eigenvalue weighted by Crippen LogP contribution is 2.43. The molecule has 0 heteroatoms. The molecule has 0 unspecified atom stereocenters. The molecule has 0 amide bonds. The van der Waals surface area contributed by atoms with Gasteiger partial charge in [-0.1, -0.05) is 88.4 Å². The molecule has 5 aromatic carbocycles. The first-order valence-electron chi connectivity index (χ1n) is 9.70. The maximum absolute atomic E-state index is 2.35. The average Bonchev–Trinajstić information content (AvgIpc) is 2.64. The highest BCUT2D eigenvalue weighted by molar-refractivity contribution is 6.33. The van der Waals surface area contributed by atoms with Gasteiger partial charge in [-0.3, -0.25) is 0 Å². The molecule has 0 atom stereocenters. The van der Waals surface area contributed by atoms with E-state index in [1.807, 2.05) is 0 Å². The molecular weight excluding hydrogens is 312 g/mol. The minimum Gasteiger partial charge on any atom is -0.0610 e. The van der Waals surface area contributed by atoms with Crippen LogP contribution in [-0.2, 0) is 0 Å². The van der Waals surface area contributed by atoms with Gasteiger partial charge < -0.3 is 0 Å². The Morgan fingerprint density at radius 1 is 0.423 bits per heavy atom. The fourth-order valence-corrected chi connectivity index (χ4v) is 4.76. The van der Waals surface area contributed by atoms with Crippen molar-refractivity contribution in [2.24, 2.45) is 0 Å². The predicted octanol–water partition coefficient (Wildman–Crippen LogP) is 7.98. The molecule has 5 aromatic rings. The minimum atomic E-state index is 0.528. The summed E-state index contributed by atoms with van der Waals surface area (Å²) < 4.78 is 0. The van der Waals surface area contributed by atoms with E-state index in [2.05, 4.69) is 88.4 Å². The first-order valence-corrected chi connectivity index (χ1v) is 9.70. The highest BCUT2D eigenvalue weighted by Gasteiger charge is 2.17. The molecule has 5 rings (SSSR count). The van der Waals surface area contributed by atoms with Gasteiger partial charge in [0.05, 0.1) is 0 Å². The van der Waals surface area contributed by atoms with E-state index < -0.39 is 0 Å². The van der Waals surface area contributed by atoms with Gasteiger partial charge in [0.15, 0.2) is 0 Å². The summed E-state index contributed by atoms with van der Waals surface area (Å²) in [5.41, 5.74) is 2.89. The molecule has 0 aliphatic heterocycles. The summed E-state index contributed by atoms with van der Waals surface area (Å²) in [5.74, 6) is 1.06. The fourth-order valence-electron chi connectivity index (χ4n) is 4.76. The van der Waals surface area contributed by atoms with E-state index in [-0.39, 0.29) is 0 Å². The lowest BCUT2D eigenvalue weighted by Crippen LogP contribution is -1.95. The first-order chi connectivity index (χ1) is 12.6. The van der Waals surface area contributed by atoms with Crippen LogP contribution in [0.4, 0.5) is 0 Å². The molecule has 0 N–H and O–H groups in total. The molecule has 26 heavy (non-hydrogen) atoms. The van der Waals surface area contributed by atoms with Gasteiger partial charge in [-0.05, 0) is 66.1 Å². The number of rotatable bonds is 2. The Bertz CT molecular complexity index is 1150. The van der Waals surface area contributed by atoms with Crippen LogP contribution in [0.25, 0.3) is 43.1 Å². The predicted molar refractivity (Wildman–Crippen MR) is 116 cm³/mol. The second kappa shape index (κ2) is 5.45. The third-order valence-electron chi connectivity index (χ3n) is 5.97. The number of hydrogen-bond donors (Lipinski definition) is 0. The van der Waals surface area contributed by atoms with E-state index in [1.165, 1.54) is 54.2 Å². The Hall–Kier alpha value is -2.60. The van der Waals surface area contributed by atoms with Crippen molar-refractivity contribution in [2.45, 2.75) is 39.5 Å². The summed E-state index contributed by atoms with van der Waals surface area (Å²) in [6.45, 7) is 9.15. The van der Waals surface area contributed by atoms with Gasteiger partial charge in [-0.15, -0.1) is 0 Å². The van der Waals surface area contributed by atoms with Crippen LogP contribution in [0.2, 0.25) is 0 Å². The Morgan fingerprint density at radius 3 is 1.15 bits per heavy atom. The number of hydrogen-bond acceptors (Lipinski definition) is 0. The Morgan fingerprint density at radius 2 is 0.769 bits per heavy atom. The third-order valence-corrected chi connectivity index (χ3v) is 5.97. The summed E-state index contributed by atoms with van der Waals surface area (Å²) in [4.78, 5) is 0. The van der Waals surface area contributed by atoms with Crippen molar-refractivity contribution in [1.82, 2.24) is 0 Å². The van der Waals surface area contributed by atoms with E-state index in [9.17, 15) is 0 Å². The summed E-state index contributed by atoms with van der Waals surface area (Å²) in [6, 6.07) is 23.0. The van der Waals surface area contributed by atoms with E-state index >= 15 is 0 Å². The van der Waals surface area contributed by atoms with Crippen LogP contribution < -0.4 is 0 Å². The standard InChI is InChI=1S/C26H24/c1-15(2)17-11-13-23-22-10-6-8-20-18(16(3)4)12-14-24(26(20)22)21-9-5-7-19(17)25(21)23/h5-16H,1-4H3. The molecule has 0 spiro atoms. The molecule has 0 heterocycles. The summed E-state index contributed by atoms with van der Waals surface area (Å²) >= 11 is 0. The molecular formula is C26H24. The lowest BCUT2D eigenvalue weighted by molar-refractivity contribution is 0.876. The summed E-state index contributed by atoms with van der Waals surface area (Å²) in [6.07, 6.45) is 0. The zero-order valence-electron chi connectivity index (χ0n) is 15.9. The number of benzene rings is 5. The monoisotopic (exact) mass is 336 g/mol. The maximum atomic E-state index is 2.35. The molecule has 0 saturated carbocycles. The first kappa shape index (κ1) is 15.6. The van der Waals surface area contributed by atoms with Crippen LogP contribution in [0.1, 0.15) is 50.7 Å². The summed E-state index contributed by atoms with van der Waals surface area (Å²) in [5, 5.41) is 11.2. The van der Waals surface area contributed by atoms with Crippen LogP contribution >= 0.6 is 0 Å². The molecule has 0 fully saturated rings. The van der Waals surface area contributed by atoms with Crippen LogP contribution in [0, 0.1) is 0 Å². The smallest absolute Gasteiger partial charge is 0.00235 e. The van der Waals surface area contributed by atoms with Crippen LogP contribution in [0.15, 0.2) is 60.7 Å². The highest BCUT2D eigenvalue weighted by atomic mass is 14.2. The second-order valence-corrected chi connectivity index (χ2v) is 8.17. The van der Waals surface area contributed by atoms with Gasteiger partial charge in [0.2, 0.25) is 0 Å². The lowest BCUT2D eigenvalue weighted by atomic mass is 9.84. The second-order valence-electron chi connectivity index (χ2n) is 8.17. The molecule has 0 radical (unpaired) electrons. The molecule has 0 nitrogen and oxygen atoms in total. The van der Waals surface area contributed by atoms with Gasteiger partial charge in [0.1, 0.15) is 0 Å². The Balaban J connectivity index is 2.11. The quantitative estimate of drug-likeness (QED) is 0.226. The topological polar surface area (TPSA) is 0 Å². The molecule has 0 aliphatic carbocycles. The minimum absolute atomic E-state index is 0.528. The van der Waals surface area contributed by atoms with E-state index in [4.69, 9.17) is 0 Å². The van der Waals surface area contributed by atoms with Gasteiger partial charge in [0, 0.05) is 0 Å². The molecule has 0 saturated heterocycles. The van der Waals surface area contributed by atoms with Crippen LogP contribution in [-0.4, -0.2) is 0 Å². The van der Waals surface area contributed by atoms with Crippen molar-refractivity contribution in [3.8, 4) is 0 Å². The number of fused-ring (bicyclic) bond motifs is 2. The van der Waals surface area contributed by atoms with Crippen molar-refractivity contribution in [3.05, 3.63) is 71.8 Å². The Labute approximate surface area is 154 Å². The largest absolute Gasteiger partial charge is 0.0610 e. The van der Waals surface area contributed by atoms with Crippen molar-refractivity contribution < 1.29 is 0 Å². The fraction of sp³-hybridized carbons (Fsp3) is 0.231. The van der Waals surface area contributed by atoms with Crippen LogP contribution in [0.3, 0.4) is 0 Å². The van der Waals surface area contributed by atoms with E-state index in [0.29, 0.717) is 11.8 Å². The molecule has 0 bridgehead atoms. The van der Waals surface area contributed by atoms with Gasteiger partial charge >= 0.3 is 0 Å². The Kier molecular flexibility index (Phi) is 3.28. The third kappa shape index (κ3) is 1.96. The summed E-state index contributed by atoms with van der Waals surface area (Å²) in [7, 11) is 0. The SMILES string of the molecule is CC(C)c1ccc2c3cccc4c(C(C)C)ccc(c5cccc1c52)c43. The normalized spacial score (nSPS) is 12.5. The van der Waals surface area contributed by atoms with Crippen molar-refractivity contribution in [3.63, 3.8) is 0 Å². The van der Waals surface area contributed by atoms with E-state index in [0.717, 1.165) is 0 Å². The van der Waals surface area contributed by atoms with Gasteiger partial charge in [-0.25, -0.2) is 0 Å². The van der Waals surface area contributed by atoms with Gasteiger partial charge in [0.25, 0.3) is 0 Å². The average molecular weight is 336 g/mol. The maximum Gasteiger partial charge on any atom is -0.00235 e. The lowest BCUT2D eigenvalue weighted by Gasteiger charge is -2.19. The van der Waals surface area contributed by atoms with Crippen molar-refractivity contribution in [1.29, 1.82) is 0 Å². The van der Waals surface area contributed by atoms with Gasteiger partial charge in [-0.2, -0.15) is 0 Å². The molecule has 0 aromatic heterocycles. The molecule has 0 aliphatic rings. The zero-order chi connectivity index (χ0) is 18.0.